The highest BCUT2D eigenvalue weighted by molar-refractivity contribution is 6.30. The van der Waals surface area contributed by atoms with E-state index in [1.165, 1.54) is 12.1 Å². The maximum Gasteiger partial charge on any atom is 0.418 e. The van der Waals surface area contributed by atoms with Crippen LogP contribution in [0.25, 0.3) is 0 Å². The van der Waals surface area contributed by atoms with E-state index in [1.54, 1.807) is 13.8 Å². The Morgan fingerprint density at radius 3 is 2.33 bits per heavy atom. The molecule has 0 unspecified atom stereocenters. The molecule has 0 aromatic heterocycles. The maximum atomic E-state index is 12.6. The summed E-state index contributed by atoms with van der Waals surface area (Å²) in [6.07, 6.45) is -4.39. The van der Waals surface area contributed by atoms with Gasteiger partial charge in [0, 0.05) is 16.8 Å². The number of benzene rings is 1. The van der Waals surface area contributed by atoms with Crippen molar-refractivity contribution in [2.75, 3.05) is 5.32 Å². The zero-order valence-electron chi connectivity index (χ0n) is 8.32. The van der Waals surface area contributed by atoms with Crippen LogP contribution in [0.2, 0.25) is 5.02 Å². The Balaban J connectivity index is 3.15. The van der Waals surface area contributed by atoms with E-state index in [4.69, 9.17) is 11.6 Å². The van der Waals surface area contributed by atoms with E-state index in [0.717, 1.165) is 6.07 Å². The number of anilines is 1. The van der Waals surface area contributed by atoms with Crippen LogP contribution >= 0.6 is 11.6 Å². The number of nitrogens with one attached hydrogen (secondary N) is 1. The molecule has 84 valence electrons. The van der Waals surface area contributed by atoms with Crippen molar-refractivity contribution in [3.8, 4) is 0 Å². The third-order valence-corrected chi connectivity index (χ3v) is 1.97. The Hall–Kier alpha value is -0.900. The summed E-state index contributed by atoms with van der Waals surface area (Å²) in [5.74, 6) is 0. The Labute approximate surface area is 91.2 Å². The van der Waals surface area contributed by atoms with Crippen LogP contribution in [0.5, 0.6) is 0 Å². The lowest BCUT2D eigenvalue weighted by molar-refractivity contribution is -0.136. The van der Waals surface area contributed by atoms with Crippen molar-refractivity contribution in [2.45, 2.75) is 26.1 Å². The van der Waals surface area contributed by atoms with Gasteiger partial charge in [-0.15, -0.1) is 0 Å². The molecule has 0 saturated carbocycles. The number of halogens is 4. The molecule has 1 aromatic rings. The fraction of sp³-hybridized carbons (Fsp3) is 0.400. The first-order chi connectivity index (χ1) is 6.80. The predicted molar refractivity (Wildman–Crippen MR) is 55.2 cm³/mol. The molecular weight excluding hydrogens is 227 g/mol. The fourth-order valence-electron chi connectivity index (χ4n) is 1.19. The highest BCUT2D eigenvalue weighted by Gasteiger charge is 2.33. The van der Waals surface area contributed by atoms with E-state index in [9.17, 15) is 13.2 Å². The van der Waals surface area contributed by atoms with Crippen molar-refractivity contribution in [1.82, 2.24) is 0 Å². The smallest absolute Gasteiger partial charge is 0.382 e. The molecule has 0 bridgehead atoms. The summed E-state index contributed by atoms with van der Waals surface area (Å²) < 4.78 is 37.7. The summed E-state index contributed by atoms with van der Waals surface area (Å²) in [4.78, 5) is 0. The van der Waals surface area contributed by atoms with E-state index >= 15 is 0 Å². The van der Waals surface area contributed by atoms with E-state index in [1.807, 2.05) is 0 Å². The quantitative estimate of drug-likeness (QED) is 0.814. The molecule has 0 atom stereocenters. The van der Waals surface area contributed by atoms with Gasteiger partial charge in [0.25, 0.3) is 0 Å². The van der Waals surface area contributed by atoms with Crippen molar-refractivity contribution in [3.05, 3.63) is 28.8 Å². The van der Waals surface area contributed by atoms with Crippen molar-refractivity contribution in [2.24, 2.45) is 0 Å². The molecule has 0 aliphatic heterocycles. The van der Waals surface area contributed by atoms with Gasteiger partial charge in [-0.1, -0.05) is 11.6 Å². The zero-order valence-corrected chi connectivity index (χ0v) is 9.08. The first kappa shape index (κ1) is 12.2. The summed E-state index contributed by atoms with van der Waals surface area (Å²) in [5.41, 5.74) is -0.675. The Morgan fingerprint density at radius 1 is 1.27 bits per heavy atom. The molecule has 0 heterocycles. The van der Waals surface area contributed by atoms with Gasteiger partial charge in [0.15, 0.2) is 0 Å². The van der Waals surface area contributed by atoms with Gasteiger partial charge in [0.2, 0.25) is 0 Å². The van der Waals surface area contributed by atoms with Crippen LogP contribution in [0.4, 0.5) is 18.9 Å². The van der Waals surface area contributed by atoms with E-state index in [0.29, 0.717) is 0 Å². The summed E-state index contributed by atoms with van der Waals surface area (Å²) in [7, 11) is 0. The molecule has 1 nitrogen and oxygen atoms in total. The van der Waals surface area contributed by atoms with Crippen LogP contribution in [0.15, 0.2) is 18.2 Å². The van der Waals surface area contributed by atoms with Crippen molar-refractivity contribution < 1.29 is 13.2 Å². The van der Waals surface area contributed by atoms with Crippen LogP contribution in [0.1, 0.15) is 19.4 Å². The number of hydrogen-bond acceptors (Lipinski definition) is 1. The Morgan fingerprint density at radius 2 is 1.87 bits per heavy atom. The molecule has 0 amide bonds. The van der Waals surface area contributed by atoms with Gasteiger partial charge in [-0.2, -0.15) is 13.2 Å². The van der Waals surface area contributed by atoms with Crippen molar-refractivity contribution >= 4 is 17.3 Å². The molecule has 0 aliphatic carbocycles. The monoisotopic (exact) mass is 237 g/mol. The first-order valence-corrected chi connectivity index (χ1v) is 4.82. The molecule has 5 heteroatoms. The van der Waals surface area contributed by atoms with Crippen LogP contribution in [-0.4, -0.2) is 6.04 Å². The minimum absolute atomic E-state index is 0.0573. The predicted octanol–water partition coefficient (Wildman–Crippen LogP) is 4.18. The first-order valence-electron chi connectivity index (χ1n) is 4.44. The molecule has 0 aliphatic rings. The van der Waals surface area contributed by atoms with Crippen molar-refractivity contribution in [1.29, 1.82) is 0 Å². The van der Waals surface area contributed by atoms with Crippen LogP contribution in [0, 0.1) is 0 Å². The lowest BCUT2D eigenvalue weighted by Gasteiger charge is -2.16. The topological polar surface area (TPSA) is 12.0 Å². The van der Waals surface area contributed by atoms with Gasteiger partial charge in [0.05, 0.1) is 5.56 Å². The van der Waals surface area contributed by atoms with Crippen LogP contribution in [-0.2, 0) is 6.18 Å². The van der Waals surface area contributed by atoms with Gasteiger partial charge in [0.1, 0.15) is 0 Å². The van der Waals surface area contributed by atoms with Crippen LogP contribution in [0.3, 0.4) is 0 Å². The summed E-state index contributed by atoms with van der Waals surface area (Å²) >= 11 is 5.53. The lowest BCUT2D eigenvalue weighted by Crippen LogP contribution is -2.15. The SMILES string of the molecule is CC(C)Nc1ccc(Cl)cc1C(F)(F)F. The van der Waals surface area contributed by atoms with E-state index in [-0.39, 0.29) is 16.8 Å². The maximum absolute atomic E-state index is 12.6. The van der Waals surface area contributed by atoms with Crippen molar-refractivity contribution in [3.63, 3.8) is 0 Å². The minimum atomic E-state index is -4.39. The molecule has 0 radical (unpaired) electrons. The molecular formula is C10H11ClF3N. The van der Waals surface area contributed by atoms with Gasteiger partial charge in [-0.05, 0) is 32.0 Å². The average Bonchev–Trinajstić information content (AvgIpc) is 2.05. The summed E-state index contributed by atoms with van der Waals surface area (Å²) in [6.45, 7) is 3.55. The second-order valence-corrected chi connectivity index (χ2v) is 3.92. The summed E-state index contributed by atoms with van der Waals surface area (Å²) in [6, 6.07) is 3.63. The van der Waals surface area contributed by atoms with Crippen LogP contribution < -0.4 is 5.32 Å². The van der Waals surface area contributed by atoms with Gasteiger partial charge < -0.3 is 5.32 Å². The fourth-order valence-corrected chi connectivity index (χ4v) is 1.36. The van der Waals surface area contributed by atoms with E-state index < -0.39 is 11.7 Å². The Bertz CT molecular complexity index is 347. The highest BCUT2D eigenvalue weighted by Crippen LogP contribution is 2.36. The normalized spacial score (nSPS) is 11.9. The third kappa shape index (κ3) is 3.30. The van der Waals surface area contributed by atoms with Gasteiger partial charge in [-0.25, -0.2) is 0 Å². The number of hydrogen-bond donors (Lipinski definition) is 1. The summed E-state index contributed by atoms with van der Waals surface area (Å²) in [5, 5.41) is 2.81. The van der Waals surface area contributed by atoms with Gasteiger partial charge >= 0.3 is 6.18 Å². The molecule has 15 heavy (non-hydrogen) atoms. The number of rotatable bonds is 2. The second-order valence-electron chi connectivity index (χ2n) is 3.49. The molecule has 0 saturated heterocycles. The van der Waals surface area contributed by atoms with Gasteiger partial charge in [-0.3, -0.25) is 0 Å². The average molecular weight is 238 g/mol. The minimum Gasteiger partial charge on any atom is -0.382 e. The number of alkyl halides is 3. The molecule has 1 rings (SSSR count). The largest absolute Gasteiger partial charge is 0.418 e. The third-order valence-electron chi connectivity index (χ3n) is 1.73. The molecule has 1 N–H and O–H groups in total. The zero-order chi connectivity index (χ0) is 11.6. The Kier molecular flexibility index (Phi) is 3.50. The molecule has 0 spiro atoms. The standard InChI is InChI=1S/C10H11ClF3N/c1-6(2)15-9-4-3-7(11)5-8(9)10(12,13)14/h3-6,15H,1-2H3. The van der Waals surface area contributed by atoms with E-state index in [2.05, 4.69) is 5.32 Å². The highest BCUT2D eigenvalue weighted by atomic mass is 35.5. The lowest BCUT2D eigenvalue weighted by atomic mass is 10.1. The second kappa shape index (κ2) is 4.31. The molecule has 0 fully saturated rings. The molecule has 1 aromatic carbocycles.